The van der Waals surface area contributed by atoms with Crippen molar-refractivity contribution in [3.05, 3.63) is 75.9 Å². The quantitative estimate of drug-likeness (QED) is 0.645. The molecule has 0 atom stereocenters. The molecule has 1 saturated heterocycles. The van der Waals surface area contributed by atoms with Gasteiger partial charge in [-0.2, -0.15) is 0 Å². The Balaban J connectivity index is 1.46. The SMILES string of the molecule is Cc1ccc(C(=O)NCC(=O)NCCN2C(=O)S/C(=C\c3ccccc3F)C2=O)cc1. The van der Waals surface area contributed by atoms with Crippen LogP contribution in [0.3, 0.4) is 0 Å². The van der Waals surface area contributed by atoms with Gasteiger partial charge in [-0.25, -0.2) is 4.39 Å². The molecule has 0 aromatic heterocycles. The van der Waals surface area contributed by atoms with Crippen molar-refractivity contribution in [2.24, 2.45) is 0 Å². The second kappa shape index (κ2) is 10.0. The van der Waals surface area contributed by atoms with E-state index in [0.717, 1.165) is 22.2 Å². The summed E-state index contributed by atoms with van der Waals surface area (Å²) < 4.78 is 13.8. The summed E-state index contributed by atoms with van der Waals surface area (Å²) in [5, 5.41) is 4.57. The van der Waals surface area contributed by atoms with E-state index in [4.69, 9.17) is 0 Å². The van der Waals surface area contributed by atoms with Crippen LogP contribution >= 0.6 is 11.8 Å². The third-order valence-electron chi connectivity index (χ3n) is 4.45. The van der Waals surface area contributed by atoms with Gasteiger partial charge in [0.05, 0.1) is 11.4 Å². The highest BCUT2D eigenvalue weighted by Crippen LogP contribution is 2.32. The maximum atomic E-state index is 13.8. The summed E-state index contributed by atoms with van der Waals surface area (Å²) in [7, 11) is 0. The average molecular weight is 441 g/mol. The Kier molecular flexibility index (Phi) is 7.19. The summed E-state index contributed by atoms with van der Waals surface area (Å²) >= 11 is 0.719. The van der Waals surface area contributed by atoms with Gasteiger partial charge in [0.15, 0.2) is 0 Å². The van der Waals surface area contributed by atoms with E-state index in [2.05, 4.69) is 10.6 Å². The number of aryl methyl sites for hydroxylation is 1. The number of halogens is 1. The molecular weight excluding hydrogens is 421 g/mol. The standard InChI is InChI=1S/C22H20FN3O4S/c1-14-6-8-15(9-7-14)20(28)25-13-19(27)24-10-11-26-21(29)18(31-22(26)30)12-16-4-2-3-5-17(16)23/h2-9,12H,10-11,13H2,1H3,(H,24,27)(H,25,28)/b18-12-. The number of amides is 4. The van der Waals surface area contributed by atoms with Gasteiger partial charge in [-0.1, -0.05) is 35.9 Å². The molecule has 1 aliphatic heterocycles. The molecule has 9 heteroatoms. The fraction of sp³-hybridized carbons (Fsp3) is 0.182. The van der Waals surface area contributed by atoms with Gasteiger partial charge in [0.2, 0.25) is 5.91 Å². The summed E-state index contributed by atoms with van der Waals surface area (Å²) in [6, 6.07) is 12.9. The van der Waals surface area contributed by atoms with E-state index >= 15 is 0 Å². The van der Waals surface area contributed by atoms with Crippen LogP contribution in [0.2, 0.25) is 0 Å². The van der Waals surface area contributed by atoms with Crippen molar-refractivity contribution in [2.45, 2.75) is 6.92 Å². The summed E-state index contributed by atoms with van der Waals surface area (Å²) in [6.45, 7) is 1.67. The Hall–Kier alpha value is -3.46. The molecule has 0 bridgehead atoms. The molecule has 0 unspecified atom stereocenters. The Morgan fingerprint density at radius 2 is 1.77 bits per heavy atom. The van der Waals surface area contributed by atoms with Crippen LogP contribution in [0.15, 0.2) is 53.4 Å². The number of benzene rings is 2. The number of nitrogens with zero attached hydrogens (tertiary/aromatic N) is 1. The Labute approximate surface area is 182 Å². The smallest absolute Gasteiger partial charge is 0.293 e. The topological polar surface area (TPSA) is 95.6 Å². The van der Waals surface area contributed by atoms with Crippen LogP contribution in [-0.2, 0) is 9.59 Å². The van der Waals surface area contributed by atoms with Crippen LogP contribution in [0.5, 0.6) is 0 Å². The van der Waals surface area contributed by atoms with Gasteiger partial charge in [0.25, 0.3) is 17.1 Å². The molecule has 2 aromatic rings. The molecule has 0 spiro atoms. The second-order valence-corrected chi connectivity index (χ2v) is 7.75. The molecule has 3 rings (SSSR count). The Morgan fingerprint density at radius 1 is 1.06 bits per heavy atom. The summed E-state index contributed by atoms with van der Waals surface area (Å²) in [5.74, 6) is -1.86. The third kappa shape index (κ3) is 5.79. The van der Waals surface area contributed by atoms with Crippen molar-refractivity contribution < 1.29 is 23.6 Å². The van der Waals surface area contributed by atoms with Crippen LogP contribution in [-0.4, -0.2) is 47.5 Å². The van der Waals surface area contributed by atoms with E-state index in [9.17, 15) is 23.6 Å². The Morgan fingerprint density at radius 3 is 2.48 bits per heavy atom. The van der Waals surface area contributed by atoms with Gasteiger partial charge in [-0.05, 0) is 43.0 Å². The van der Waals surface area contributed by atoms with Crippen LogP contribution in [0.1, 0.15) is 21.5 Å². The predicted molar refractivity (Wildman–Crippen MR) is 116 cm³/mol. The van der Waals surface area contributed by atoms with Gasteiger partial charge >= 0.3 is 0 Å². The zero-order chi connectivity index (χ0) is 22.4. The fourth-order valence-electron chi connectivity index (χ4n) is 2.76. The van der Waals surface area contributed by atoms with Gasteiger partial charge in [0.1, 0.15) is 5.82 Å². The lowest BCUT2D eigenvalue weighted by Gasteiger charge is -2.13. The number of imide groups is 1. The van der Waals surface area contributed by atoms with Crippen LogP contribution in [0.25, 0.3) is 6.08 Å². The van der Waals surface area contributed by atoms with E-state index in [1.807, 2.05) is 6.92 Å². The largest absolute Gasteiger partial charge is 0.353 e. The highest BCUT2D eigenvalue weighted by molar-refractivity contribution is 8.18. The molecule has 1 fully saturated rings. The molecule has 31 heavy (non-hydrogen) atoms. The van der Waals surface area contributed by atoms with Gasteiger partial charge in [-0.15, -0.1) is 0 Å². The van der Waals surface area contributed by atoms with Crippen LogP contribution in [0, 0.1) is 12.7 Å². The van der Waals surface area contributed by atoms with Crippen molar-refractivity contribution in [1.29, 1.82) is 0 Å². The zero-order valence-electron chi connectivity index (χ0n) is 16.7. The van der Waals surface area contributed by atoms with E-state index in [1.165, 1.54) is 24.3 Å². The fourth-order valence-corrected chi connectivity index (χ4v) is 3.62. The van der Waals surface area contributed by atoms with Gasteiger partial charge in [-0.3, -0.25) is 24.1 Å². The van der Waals surface area contributed by atoms with E-state index < -0.39 is 22.9 Å². The average Bonchev–Trinajstić information content (AvgIpc) is 3.01. The molecule has 4 amide bonds. The highest BCUT2D eigenvalue weighted by Gasteiger charge is 2.34. The summed E-state index contributed by atoms with van der Waals surface area (Å²) in [5.41, 5.74) is 1.67. The minimum Gasteiger partial charge on any atom is -0.353 e. The van der Waals surface area contributed by atoms with Crippen molar-refractivity contribution in [3.63, 3.8) is 0 Å². The summed E-state index contributed by atoms with van der Waals surface area (Å²) in [4.78, 5) is 49.6. The maximum absolute atomic E-state index is 13.8. The minimum atomic E-state index is -0.542. The first-order valence-corrected chi connectivity index (χ1v) is 10.3. The molecule has 160 valence electrons. The number of nitrogens with one attached hydrogen (secondary N) is 2. The first kappa shape index (κ1) is 22.2. The molecule has 0 saturated carbocycles. The molecule has 2 N–H and O–H groups in total. The van der Waals surface area contributed by atoms with Crippen molar-refractivity contribution >= 4 is 40.8 Å². The number of rotatable bonds is 7. The lowest BCUT2D eigenvalue weighted by Crippen LogP contribution is -2.41. The van der Waals surface area contributed by atoms with Gasteiger partial charge < -0.3 is 10.6 Å². The summed E-state index contributed by atoms with van der Waals surface area (Å²) in [6.07, 6.45) is 1.33. The van der Waals surface area contributed by atoms with Crippen molar-refractivity contribution in [3.8, 4) is 0 Å². The normalized spacial score (nSPS) is 14.8. The van der Waals surface area contributed by atoms with Crippen molar-refractivity contribution in [2.75, 3.05) is 19.6 Å². The molecule has 7 nitrogen and oxygen atoms in total. The van der Waals surface area contributed by atoms with E-state index in [-0.39, 0.29) is 36.0 Å². The molecular formula is C22H20FN3O4S. The van der Waals surface area contributed by atoms with E-state index in [0.29, 0.717) is 5.56 Å². The van der Waals surface area contributed by atoms with Crippen LogP contribution < -0.4 is 10.6 Å². The number of thioether (sulfide) groups is 1. The zero-order valence-corrected chi connectivity index (χ0v) is 17.5. The number of carbonyl (C=O) groups is 4. The first-order chi connectivity index (χ1) is 14.8. The van der Waals surface area contributed by atoms with Crippen LogP contribution in [0.4, 0.5) is 9.18 Å². The third-order valence-corrected chi connectivity index (χ3v) is 5.35. The predicted octanol–water partition coefficient (Wildman–Crippen LogP) is 2.72. The van der Waals surface area contributed by atoms with Gasteiger partial charge in [0, 0.05) is 24.2 Å². The number of hydrogen-bond acceptors (Lipinski definition) is 5. The molecule has 1 heterocycles. The number of hydrogen-bond donors (Lipinski definition) is 2. The monoisotopic (exact) mass is 441 g/mol. The molecule has 0 aliphatic carbocycles. The molecule has 0 radical (unpaired) electrons. The minimum absolute atomic E-state index is 0.0308. The maximum Gasteiger partial charge on any atom is 0.293 e. The van der Waals surface area contributed by atoms with E-state index in [1.54, 1.807) is 30.3 Å². The first-order valence-electron chi connectivity index (χ1n) is 9.46. The molecule has 2 aromatic carbocycles. The number of carbonyl (C=O) groups excluding carboxylic acids is 4. The Bertz CT molecular complexity index is 1050. The highest BCUT2D eigenvalue weighted by atomic mass is 32.2. The lowest BCUT2D eigenvalue weighted by molar-refractivity contribution is -0.124. The lowest BCUT2D eigenvalue weighted by atomic mass is 10.1. The van der Waals surface area contributed by atoms with Crippen molar-refractivity contribution in [1.82, 2.24) is 15.5 Å². The molecule has 1 aliphatic rings. The second-order valence-electron chi connectivity index (χ2n) is 6.75.